The van der Waals surface area contributed by atoms with Gasteiger partial charge in [-0.1, -0.05) is 63.2 Å². The van der Waals surface area contributed by atoms with Crippen molar-refractivity contribution >= 4 is 27.5 Å². The standard InChI is InChI=1S/C27H39N3O4S/c1-7-24(27(32)28-18-20(2)3)29(17-16-23-13-9-8-10-14-23)26(31)19-30(35(6,33)34)25-15-11-12-21(4)22(25)5/h8-15,20,24H,7,16-19H2,1-6H3,(H,28,32)/t24-/m1/s1. The number of carbonyl (C=O) groups excluding carboxylic acids is 2. The minimum absolute atomic E-state index is 0.222. The first-order chi connectivity index (χ1) is 16.5. The molecule has 0 bridgehead atoms. The van der Waals surface area contributed by atoms with Crippen molar-refractivity contribution in [1.82, 2.24) is 10.2 Å². The molecule has 2 aromatic rings. The maximum Gasteiger partial charge on any atom is 0.244 e. The summed E-state index contributed by atoms with van der Waals surface area (Å²) in [5.41, 5.74) is 3.24. The second-order valence-corrected chi connectivity index (χ2v) is 11.3. The second kappa shape index (κ2) is 12.7. The lowest BCUT2D eigenvalue weighted by Crippen LogP contribution is -2.53. The van der Waals surface area contributed by atoms with Gasteiger partial charge in [-0.05, 0) is 55.4 Å². The summed E-state index contributed by atoms with van der Waals surface area (Å²) in [6.45, 7) is 10.1. The molecule has 0 radical (unpaired) electrons. The Labute approximate surface area is 210 Å². The van der Waals surface area contributed by atoms with Gasteiger partial charge in [-0.2, -0.15) is 0 Å². The first kappa shape index (κ1) is 28.4. The minimum atomic E-state index is -3.74. The summed E-state index contributed by atoms with van der Waals surface area (Å²) in [6, 6.07) is 14.4. The van der Waals surface area contributed by atoms with E-state index in [1.165, 1.54) is 4.90 Å². The van der Waals surface area contributed by atoms with Crippen LogP contribution in [0.4, 0.5) is 5.69 Å². The van der Waals surface area contributed by atoms with Gasteiger partial charge in [0.2, 0.25) is 21.8 Å². The van der Waals surface area contributed by atoms with Gasteiger partial charge in [-0.25, -0.2) is 8.42 Å². The Morgan fingerprint density at radius 1 is 1.00 bits per heavy atom. The number of nitrogens with zero attached hydrogens (tertiary/aromatic N) is 2. The van der Waals surface area contributed by atoms with Crippen molar-refractivity contribution in [2.75, 3.05) is 30.2 Å². The van der Waals surface area contributed by atoms with Crippen molar-refractivity contribution in [2.45, 2.75) is 53.5 Å². The van der Waals surface area contributed by atoms with Gasteiger partial charge in [0.25, 0.3) is 0 Å². The van der Waals surface area contributed by atoms with Crippen LogP contribution < -0.4 is 9.62 Å². The van der Waals surface area contributed by atoms with Gasteiger partial charge in [-0.15, -0.1) is 0 Å². The molecule has 0 saturated carbocycles. The minimum Gasteiger partial charge on any atom is -0.354 e. The average Bonchev–Trinajstić information content (AvgIpc) is 2.80. The summed E-state index contributed by atoms with van der Waals surface area (Å²) < 4.78 is 26.7. The van der Waals surface area contributed by atoms with E-state index < -0.39 is 22.0 Å². The van der Waals surface area contributed by atoms with E-state index in [2.05, 4.69) is 5.32 Å². The Kier molecular flexibility index (Phi) is 10.3. The third kappa shape index (κ3) is 8.09. The average molecular weight is 502 g/mol. The van der Waals surface area contributed by atoms with E-state index in [0.717, 1.165) is 27.3 Å². The third-order valence-corrected chi connectivity index (χ3v) is 7.21. The van der Waals surface area contributed by atoms with Crippen LogP contribution in [0, 0.1) is 19.8 Å². The zero-order valence-electron chi connectivity index (χ0n) is 21.7. The van der Waals surface area contributed by atoms with Crippen LogP contribution >= 0.6 is 0 Å². The molecule has 0 heterocycles. The van der Waals surface area contributed by atoms with E-state index in [1.807, 2.05) is 71.0 Å². The van der Waals surface area contributed by atoms with Crippen LogP contribution in [-0.4, -0.2) is 57.1 Å². The molecule has 2 amide bonds. The molecule has 7 nitrogen and oxygen atoms in total. The van der Waals surface area contributed by atoms with Crippen molar-refractivity contribution in [3.8, 4) is 0 Å². The Balaban J connectivity index is 2.39. The van der Waals surface area contributed by atoms with Crippen LogP contribution in [0.3, 0.4) is 0 Å². The quantitative estimate of drug-likeness (QED) is 0.481. The highest BCUT2D eigenvalue weighted by molar-refractivity contribution is 7.92. The summed E-state index contributed by atoms with van der Waals surface area (Å²) in [6.07, 6.45) is 2.08. The smallest absolute Gasteiger partial charge is 0.244 e. The topological polar surface area (TPSA) is 86.8 Å². The molecule has 0 aromatic heterocycles. The molecular weight excluding hydrogens is 462 g/mol. The normalized spacial score (nSPS) is 12.3. The largest absolute Gasteiger partial charge is 0.354 e. The maximum atomic E-state index is 13.7. The first-order valence-corrected chi connectivity index (χ1v) is 14.0. The summed E-state index contributed by atoms with van der Waals surface area (Å²) in [4.78, 5) is 28.3. The van der Waals surface area contributed by atoms with Gasteiger partial charge in [0.05, 0.1) is 11.9 Å². The SMILES string of the molecule is CC[C@H](C(=O)NCC(C)C)N(CCc1ccccc1)C(=O)CN(c1cccc(C)c1C)S(C)(=O)=O. The van der Waals surface area contributed by atoms with Crippen molar-refractivity contribution in [3.63, 3.8) is 0 Å². The summed E-state index contributed by atoms with van der Waals surface area (Å²) >= 11 is 0. The number of aryl methyl sites for hydroxylation is 1. The molecule has 1 N–H and O–H groups in total. The van der Waals surface area contributed by atoms with E-state index >= 15 is 0 Å². The molecule has 8 heteroatoms. The summed E-state index contributed by atoms with van der Waals surface area (Å²) in [5.74, 6) is -0.353. The van der Waals surface area contributed by atoms with E-state index in [1.54, 1.807) is 12.1 Å². The first-order valence-electron chi connectivity index (χ1n) is 12.1. The predicted molar refractivity (Wildman–Crippen MR) is 142 cm³/mol. The Hall–Kier alpha value is -2.87. The number of rotatable bonds is 12. The molecule has 192 valence electrons. The number of anilines is 1. The molecule has 0 aliphatic carbocycles. The van der Waals surface area contributed by atoms with Crippen molar-refractivity contribution in [3.05, 3.63) is 65.2 Å². The molecular formula is C27H39N3O4S. The molecule has 0 aliphatic rings. The van der Waals surface area contributed by atoms with E-state index in [4.69, 9.17) is 0 Å². The molecule has 0 saturated heterocycles. The van der Waals surface area contributed by atoms with Gasteiger partial charge >= 0.3 is 0 Å². The number of hydrogen-bond donors (Lipinski definition) is 1. The second-order valence-electron chi connectivity index (χ2n) is 9.37. The Morgan fingerprint density at radius 2 is 1.66 bits per heavy atom. The fraction of sp³-hybridized carbons (Fsp3) is 0.481. The van der Waals surface area contributed by atoms with Crippen LogP contribution in [0.5, 0.6) is 0 Å². The molecule has 1 atom stereocenters. The molecule has 2 aromatic carbocycles. The number of hydrogen-bond acceptors (Lipinski definition) is 4. The molecule has 2 rings (SSSR count). The van der Waals surface area contributed by atoms with Crippen LogP contribution in [-0.2, 0) is 26.0 Å². The van der Waals surface area contributed by atoms with Crippen molar-refractivity contribution in [1.29, 1.82) is 0 Å². The maximum absolute atomic E-state index is 13.7. The van der Waals surface area contributed by atoms with Crippen LogP contribution in [0.25, 0.3) is 0 Å². The summed E-state index contributed by atoms with van der Waals surface area (Å²) in [7, 11) is -3.74. The summed E-state index contributed by atoms with van der Waals surface area (Å²) in [5, 5.41) is 2.93. The highest BCUT2D eigenvalue weighted by atomic mass is 32.2. The molecule has 0 unspecified atom stereocenters. The zero-order valence-corrected chi connectivity index (χ0v) is 22.6. The van der Waals surface area contributed by atoms with Gasteiger partial charge < -0.3 is 10.2 Å². The number of carbonyl (C=O) groups is 2. The highest BCUT2D eigenvalue weighted by Gasteiger charge is 2.31. The van der Waals surface area contributed by atoms with Crippen molar-refractivity contribution < 1.29 is 18.0 Å². The van der Waals surface area contributed by atoms with Gasteiger partial charge in [0, 0.05) is 13.1 Å². The van der Waals surface area contributed by atoms with Crippen LogP contribution in [0.15, 0.2) is 48.5 Å². The monoisotopic (exact) mass is 501 g/mol. The number of sulfonamides is 1. The lowest BCUT2D eigenvalue weighted by atomic mass is 10.1. The highest BCUT2D eigenvalue weighted by Crippen LogP contribution is 2.25. The van der Waals surface area contributed by atoms with Gasteiger partial charge in [-0.3, -0.25) is 13.9 Å². The lowest BCUT2D eigenvalue weighted by Gasteiger charge is -2.33. The van der Waals surface area contributed by atoms with Crippen molar-refractivity contribution in [2.24, 2.45) is 5.92 Å². The number of benzene rings is 2. The molecule has 35 heavy (non-hydrogen) atoms. The van der Waals surface area contributed by atoms with E-state index in [0.29, 0.717) is 31.6 Å². The molecule has 0 spiro atoms. The molecule has 0 fully saturated rings. The zero-order chi connectivity index (χ0) is 26.2. The van der Waals surface area contributed by atoms with Gasteiger partial charge in [0.1, 0.15) is 12.6 Å². The number of amides is 2. The van der Waals surface area contributed by atoms with Crippen LogP contribution in [0.1, 0.15) is 43.9 Å². The predicted octanol–water partition coefficient (Wildman–Crippen LogP) is 3.69. The van der Waals surface area contributed by atoms with E-state index in [-0.39, 0.29) is 18.4 Å². The molecule has 0 aliphatic heterocycles. The van der Waals surface area contributed by atoms with Crippen LogP contribution in [0.2, 0.25) is 0 Å². The lowest BCUT2D eigenvalue weighted by molar-refractivity contribution is -0.139. The fourth-order valence-corrected chi connectivity index (χ4v) is 4.82. The Bertz CT molecular complexity index is 1100. The fourth-order valence-electron chi connectivity index (χ4n) is 3.92. The Morgan fingerprint density at radius 3 is 2.23 bits per heavy atom. The third-order valence-electron chi connectivity index (χ3n) is 6.08. The van der Waals surface area contributed by atoms with Gasteiger partial charge in [0.15, 0.2) is 0 Å². The number of nitrogens with one attached hydrogen (secondary N) is 1. The van der Waals surface area contributed by atoms with E-state index in [9.17, 15) is 18.0 Å².